The lowest BCUT2D eigenvalue weighted by Crippen LogP contribution is -2.25. The van der Waals surface area contributed by atoms with Gasteiger partial charge in [0.25, 0.3) is 0 Å². The molecule has 2 heteroatoms. The Bertz CT molecular complexity index is 530. The summed E-state index contributed by atoms with van der Waals surface area (Å²) in [5, 5.41) is 0. The molecule has 144 valence electrons. The highest BCUT2D eigenvalue weighted by molar-refractivity contribution is 5.24. The molecule has 0 bridgehead atoms. The number of hydrogen-bond acceptors (Lipinski definition) is 2. The molecule has 0 amide bonds. The molecule has 2 saturated carbocycles. The van der Waals surface area contributed by atoms with Gasteiger partial charge in [0.15, 0.2) is 6.29 Å². The van der Waals surface area contributed by atoms with Gasteiger partial charge in [-0.1, -0.05) is 42.7 Å². The number of benzene rings is 1. The molecule has 4 rings (SSSR count). The van der Waals surface area contributed by atoms with Crippen molar-refractivity contribution in [1.29, 1.82) is 0 Å². The summed E-state index contributed by atoms with van der Waals surface area (Å²) in [4.78, 5) is 0. The first-order chi connectivity index (χ1) is 12.8. The van der Waals surface area contributed by atoms with Crippen LogP contribution in [0.5, 0.6) is 0 Å². The molecule has 0 N–H and O–H groups in total. The average molecular weight is 357 g/mol. The van der Waals surface area contributed by atoms with Crippen molar-refractivity contribution in [1.82, 2.24) is 0 Å². The summed E-state index contributed by atoms with van der Waals surface area (Å²) >= 11 is 0. The van der Waals surface area contributed by atoms with E-state index in [1.54, 1.807) is 5.56 Å². The van der Waals surface area contributed by atoms with Gasteiger partial charge in [-0.2, -0.15) is 0 Å². The molecule has 26 heavy (non-hydrogen) atoms. The summed E-state index contributed by atoms with van der Waals surface area (Å²) in [6.45, 7) is 3.77. The van der Waals surface area contributed by atoms with E-state index in [1.807, 2.05) is 0 Å². The normalized spacial score (nSPS) is 33.4. The van der Waals surface area contributed by atoms with Crippen molar-refractivity contribution >= 4 is 0 Å². The quantitative estimate of drug-likeness (QED) is 0.623. The van der Waals surface area contributed by atoms with E-state index in [4.69, 9.17) is 9.47 Å². The average Bonchev–Trinajstić information content (AvgIpc) is 3.21. The van der Waals surface area contributed by atoms with Crippen LogP contribution in [0.4, 0.5) is 0 Å². The van der Waals surface area contributed by atoms with Gasteiger partial charge in [-0.3, -0.25) is 0 Å². The first kappa shape index (κ1) is 18.5. The van der Waals surface area contributed by atoms with Crippen LogP contribution in [0.1, 0.15) is 81.3 Å². The fourth-order valence-corrected chi connectivity index (χ4v) is 5.66. The number of aryl methyl sites for hydroxylation is 1. The zero-order valence-corrected chi connectivity index (χ0v) is 16.5. The Hall–Kier alpha value is -0.860. The third-order valence-corrected chi connectivity index (χ3v) is 7.38. The topological polar surface area (TPSA) is 18.5 Å². The Balaban J connectivity index is 1.18. The third kappa shape index (κ3) is 4.70. The fraction of sp³-hybridized carbons (Fsp3) is 0.750. The van der Waals surface area contributed by atoms with Crippen LogP contribution in [0.2, 0.25) is 0 Å². The van der Waals surface area contributed by atoms with Gasteiger partial charge in [-0.15, -0.1) is 0 Å². The van der Waals surface area contributed by atoms with E-state index >= 15 is 0 Å². The minimum atomic E-state index is 0.102. The van der Waals surface area contributed by atoms with Crippen molar-refractivity contribution in [3.05, 3.63) is 35.4 Å². The summed E-state index contributed by atoms with van der Waals surface area (Å²) < 4.78 is 11.2. The van der Waals surface area contributed by atoms with Gasteiger partial charge in [0.2, 0.25) is 0 Å². The van der Waals surface area contributed by atoms with Gasteiger partial charge in [0.05, 0.1) is 13.2 Å². The first-order valence-electron chi connectivity index (χ1n) is 11.1. The molecule has 2 aliphatic carbocycles. The Morgan fingerprint density at radius 2 is 1.31 bits per heavy atom. The lowest BCUT2D eigenvalue weighted by molar-refractivity contribution is -0.0514. The maximum absolute atomic E-state index is 5.59. The van der Waals surface area contributed by atoms with Crippen LogP contribution in [0, 0.1) is 24.7 Å². The van der Waals surface area contributed by atoms with Crippen molar-refractivity contribution in [2.75, 3.05) is 13.2 Å². The van der Waals surface area contributed by atoms with Gasteiger partial charge in [-0.05, 0) is 87.5 Å². The third-order valence-electron chi connectivity index (χ3n) is 7.38. The maximum Gasteiger partial charge on any atom is 0.157 e. The van der Waals surface area contributed by atoms with Gasteiger partial charge >= 0.3 is 0 Å². The fourth-order valence-electron chi connectivity index (χ4n) is 5.66. The Morgan fingerprint density at radius 1 is 0.731 bits per heavy atom. The standard InChI is InChI=1S/C24H36O2/c1-18-2-7-20(8-3-18)22-11-13-23(14-12-22)21-9-4-19(5-10-21)6-15-24-25-16-17-26-24/h2-3,7-8,19,21-24H,4-6,9-17H2,1H3. The van der Waals surface area contributed by atoms with E-state index in [-0.39, 0.29) is 6.29 Å². The molecule has 0 unspecified atom stereocenters. The van der Waals surface area contributed by atoms with Crippen molar-refractivity contribution in [2.45, 2.75) is 83.3 Å². The van der Waals surface area contributed by atoms with Gasteiger partial charge < -0.3 is 9.47 Å². The van der Waals surface area contributed by atoms with Crippen LogP contribution < -0.4 is 0 Å². The maximum atomic E-state index is 5.59. The predicted octanol–water partition coefficient (Wildman–Crippen LogP) is 6.23. The van der Waals surface area contributed by atoms with Crippen LogP contribution in [-0.4, -0.2) is 19.5 Å². The molecular weight excluding hydrogens is 320 g/mol. The summed E-state index contributed by atoms with van der Waals surface area (Å²) in [5.41, 5.74) is 2.96. The van der Waals surface area contributed by atoms with Crippen LogP contribution in [0.25, 0.3) is 0 Å². The number of hydrogen-bond donors (Lipinski definition) is 0. The molecule has 0 aromatic heterocycles. The molecule has 0 radical (unpaired) electrons. The second-order valence-electron chi connectivity index (χ2n) is 9.05. The zero-order valence-electron chi connectivity index (χ0n) is 16.5. The van der Waals surface area contributed by atoms with E-state index in [2.05, 4.69) is 31.2 Å². The largest absolute Gasteiger partial charge is 0.350 e. The summed E-state index contributed by atoms with van der Waals surface area (Å²) in [7, 11) is 0. The molecular formula is C24H36O2. The van der Waals surface area contributed by atoms with Crippen LogP contribution in [0.15, 0.2) is 24.3 Å². The highest BCUT2D eigenvalue weighted by atomic mass is 16.7. The van der Waals surface area contributed by atoms with Crippen LogP contribution >= 0.6 is 0 Å². The number of rotatable bonds is 5. The summed E-state index contributed by atoms with van der Waals surface area (Å²) in [6, 6.07) is 9.29. The van der Waals surface area contributed by atoms with E-state index < -0.39 is 0 Å². The minimum absolute atomic E-state index is 0.102. The minimum Gasteiger partial charge on any atom is -0.350 e. The second-order valence-corrected chi connectivity index (χ2v) is 9.05. The molecule has 1 aliphatic heterocycles. The van der Waals surface area contributed by atoms with Crippen molar-refractivity contribution in [3.8, 4) is 0 Å². The van der Waals surface area contributed by atoms with Crippen LogP contribution in [0.3, 0.4) is 0 Å². The van der Waals surface area contributed by atoms with Gasteiger partial charge in [0, 0.05) is 0 Å². The molecule has 0 atom stereocenters. The van der Waals surface area contributed by atoms with E-state index in [1.165, 1.54) is 63.4 Å². The lowest BCUT2D eigenvalue weighted by atomic mass is 9.68. The van der Waals surface area contributed by atoms with Gasteiger partial charge in [0.1, 0.15) is 0 Å². The monoisotopic (exact) mass is 356 g/mol. The smallest absolute Gasteiger partial charge is 0.157 e. The molecule has 3 fully saturated rings. The van der Waals surface area contributed by atoms with E-state index in [0.717, 1.165) is 43.3 Å². The second kappa shape index (κ2) is 8.89. The Labute approximate surface area is 159 Å². The number of ether oxygens (including phenoxy) is 2. The molecule has 1 saturated heterocycles. The SMILES string of the molecule is Cc1ccc(C2CCC(C3CCC(CCC4OCCO4)CC3)CC2)cc1. The molecule has 1 heterocycles. The zero-order chi connectivity index (χ0) is 17.8. The van der Waals surface area contributed by atoms with Gasteiger partial charge in [-0.25, -0.2) is 0 Å². The molecule has 0 spiro atoms. The molecule has 2 nitrogen and oxygen atoms in total. The summed E-state index contributed by atoms with van der Waals surface area (Å²) in [5.74, 6) is 3.74. The summed E-state index contributed by atoms with van der Waals surface area (Å²) in [6.07, 6.45) is 14.1. The van der Waals surface area contributed by atoms with Crippen molar-refractivity contribution < 1.29 is 9.47 Å². The van der Waals surface area contributed by atoms with E-state index in [0.29, 0.717) is 0 Å². The molecule has 3 aliphatic rings. The molecule has 1 aromatic carbocycles. The van der Waals surface area contributed by atoms with Crippen molar-refractivity contribution in [3.63, 3.8) is 0 Å². The van der Waals surface area contributed by atoms with Crippen LogP contribution in [-0.2, 0) is 9.47 Å². The van der Waals surface area contributed by atoms with Crippen molar-refractivity contribution in [2.24, 2.45) is 17.8 Å². The first-order valence-corrected chi connectivity index (χ1v) is 11.1. The molecule has 1 aromatic rings. The lowest BCUT2D eigenvalue weighted by Gasteiger charge is -2.38. The Kier molecular flexibility index (Phi) is 6.32. The highest BCUT2D eigenvalue weighted by Crippen LogP contribution is 2.44. The Morgan fingerprint density at radius 3 is 1.92 bits per heavy atom. The van der Waals surface area contributed by atoms with E-state index in [9.17, 15) is 0 Å². The highest BCUT2D eigenvalue weighted by Gasteiger charge is 2.31. The predicted molar refractivity (Wildman–Crippen MR) is 106 cm³/mol.